The van der Waals surface area contributed by atoms with Crippen LogP contribution >= 0.6 is 0 Å². The number of urea groups is 2. The Bertz CT molecular complexity index is 811. The number of carbonyl (C=O) groups is 4. The van der Waals surface area contributed by atoms with Crippen molar-refractivity contribution in [3.05, 3.63) is 23.8 Å². The summed E-state index contributed by atoms with van der Waals surface area (Å²) in [6, 6.07) is 3.78. The Balaban J connectivity index is 1.73. The summed E-state index contributed by atoms with van der Waals surface area (Å²) in [6.45, 7) is 2.29. The largest absolute Gasteiger partial charge is 0.486 e. The molecule has 10 nitrogen and oxygen atoms in total. The lowest BCUT2D eigenvalue weighted by atomic mass is 9.91. The molecule has 0 radical (unpaired) electrons. The molecule has 2 aliphatic heterocycles. The van der Waals surface area contributed by atoms with E-state index >= 15 is 0 Å². The number of imide groups is 2. The van der Waals surface area contributed by atoms with E-state index < -0.39 is 29.4 Å². The molecule has 0 saturated carbocycles. The maximum Gasteiger partial charge on any atom is 0.325 e. The number of hydrogen-bond donors (Lipinski definition) is 3. The molecule has 0 spiro atoms. The van der Waals surface area contributed by atoms with Gasteiger partial charge in [-0.05, 0) is 24.6 Å². The van der Waals surface area contributed by atoms with Gasteiger partial charge in [0.1, 0.15) is 18.8 Å². The molecule has 0 unspecified atom stereocenters. The third-order valence-electron chi connectivity index (χ3n) is 4.44. The number of ether oxygens (including phenoxy) is 2. The zero-order valence-electron chi connectivity index (χ0n) is 15.0. The Morgan fingerprint density at radius 1 is 1.22 bits per heavy atom. The molecule has 6 amide bonds. The van der Waals surface area contributed by atoms with Gasteiger partial charge in [0.05, 0.1) is 0 Å². The number of fused-ring (bicyclic) bond motifs is 1. The zero-order valence-corrected chi connectivity index (χ0v) is 15.0. The lowest BCUT2D eigenvalue weighted by molar-refractivity contribution is -0.131. The van der Waals surface area contributed by atoms with Crippen LogP contribution in [0, 0.1) is 0 Å². The van der Waals surface area contributed by atoms with Crippen molar-refractivity contribution in [2.24, 2.45) is 0 Å². The first kappa shape index (κ1) is 18.5. The SMILES string of the molecule is CNC(=O)NC(=O)CCN1C(=O)N[C@@](C)(c2ccc3c(c2)OCCO3)C1=O. The number of hydrogen-bond acceptors (Lipinski definition) is 6. The monoisotopic (exact) mass is 376 g/mol. The number of benzene rings is 1. The molecule has 2 aliphatic rings. The summed E-state index contributed by atoms with van der Waals surface area (Å²) in [6.07, 6.45) is -0.191. The van der Waals surface area contributed by atoms with Gasteiger partial charge >= 0.3 is 12.1 Å². The smallest absolute Gasteiger partial charge is 0.325 e. The first-order valence-corrected chi connectivity index (χ1v) is 8.41. The number of nitrogens with one attached hydrogen (secondary N) is 3. The van der Waals surface area contributed by atoms with Gasteiger partial charge in [-0.2, -0.15) is 0 Å². The fourth-order valence-corrected chi connectivity index (χ4v) is 2.92. The topological polar surface area (TPSA) is 126 Å². The van der Waals surface area contributed by atoms with Gasteiger partial charge in [0.2, 0.25) is 5.91 Å². The van der Waals surface area contributed by atoms with E-state index in [1.807, 2.05) is 0 Å². The van der Waals surface area contributed by atoms with E-state index in [4.69, 9.17) is 9.47 Å². The van der Waals surface area contributed by atoms with Crippen molar-refractivity contribution in [3.8, 4) is 11.5 Å². The van der Waals surface area contributed by atoms with Gasteiger partial charge in [-0.25, -0.2) is 9.59 Å². The molecule has 27 heavy (non-hydrogen) atoms. The van der Waals surface area contributed by atoms with Gasteiger partial charge in [0.15, 0.2) is 11.5 Å². The van der Waals surface area contributed by atoms with Gasteiger partial charge in [-0.15, -0.1) is 0 Å². The van der Waals surface area contributed by atoms with Gasteiger partial charge in [-0.3, -0.25) is 19.8 Å². The summed E-state index contributed by atoms with van der Waals surface area (Å²) in [4.78, 5) is 48.9. The molecular formula is C17H20N4O6. The Morgan fingerprint density at radius 2 is 1.93 bits per heavy atom. The van der Waals surface area contributed by atoms with Crippen LogP contribution < -0.4 is 25.4 Å². The highest BCUT2D eigenvalue weighted by atomic mass is 16.6. The van der Waals surface area contributed by atoms with E-state index in [1.54, 1.807) is 25.1 Å². The average Bonchev–Trinajstić information content (AvgIpc) is 2.89. The van der Waals surface area contributed by atoms with Crippen LogP contribution in [-0.4, -0.2) is 55.6 Å². The third kappa shape index (κ3) is 3.50. The minimum atomic E-state index is -1.29. The molecule has 3 N–H and O–H groups in total. The van der Waals surface area contributed by atoms with Crippen molar-refractivity contribution in [2.75, 3.05) is 26.8 Å². The highest BCUT2D eigenvalue weighted by molar-refractivity contribution is 6.07. The van der Waals surface area contributed by atoms with E-state index in [9.17, 15) is 19.2 Å². The van der Waals surface area contributed by atoms with Crippen molar-refractivity contribution in [2.45, 2.75) is 18.9 Å². The quantitative estimate of drug-likeness (QED) is 0.639. The minimum Gasteiger partial charge on any atom is -0.486 e. The molecule has 1 aromatic carbocycles. The fourth-order valence-electron chi connectivity index (χ4n) is 2.92. The molecule has 144 valence electrons. The van der Waals surface area contributed by atoms with Crippen molar-refractivity contribution >= 4 is 23.9 Å². The average molecular weight is 376 g/mol. The maximum absolute atomic E-state index is 12.9. The van der Waals surface area contributed by atoms with Gasteiger partial charge in [0.25, 0.3) is 5.91 Å². The van der Waals surface area contributed by atoms with Crippen LogP contribution in [0.5, 0.6) is 11.5 Å². The lowest BCUT2D eigenvalue weighted by Gasteiger charge is -2.25. The second-order valence-electron chi connectivity index (χ2n) is 6.25. The van der Waals surface area contributed by atoms with Gasteiger partial charge in [-0.1, -0.05) is 6.07 Å². The van der Waals surface area contributed by atoms with Crippen LogP contribution in [0.1, 0.15) is 18.9 Å². The highest BCUT2D eigenvalue weighted by Gasteiger charge is 2.49. The van der Waals surface area contributed by atoms with Crippen molar-refractivity contribution in [1.29, 1.82) is 0 Å². The van der Waals surface area contributed by atoms with E-state index in [1.165, 1.54) is 7.05 Å². The molecule has 1 aromatic rings. The lowest BCUT2D eigenvalue weighted by Crippen LogP contribution is -2.42. The Labute approximate surface area is 155 Å². The summed E-state index contributed by atoms with van der Waals surface area (Å²) in [5.74, 6) is -0.00154. The predicted octanol–water partition coefficient (Wildman–Crippen LogP) is 0.0705. The fraction of sp³-hybridized carbons (Fsp3) is 0.412. The molecule has 1 fully saturated rings. The molecule has 0 aliphatic carbocycles. The standard InChI is InChI=1S/C17H20N4O6/c1-17(10-3-4-11-12(9-10)27-8-7-26-11)14(23)21(16(25)20-17)6-5-13(22)19-15(24)18-2/h3-4,9H,5-8H2,1-2H3,(H,20,25)(H2,18,19,22,24)/t17-/m0/s1. The second kappa shape index (κ2) is 7.14. The summed E-state index contributed by atoms with van der Waals surface area (Å²) < 4.78 is 11.0. The molecular weight excluding hydrogens is 356 g/mol. The summed E-state index contributed by atoms with van der Waals surface area (Å²) in [5, 5.41) is 6.99. The molecule has 0 bridgehead atoms. The predicted molar refractivity (Wildman–Crippen MR) is 92.2 cm³/mol. The second-order valence-corrected chi connectivity index (χ2v) is 6.25. The van der Waals surface area contributed by atoms with Gasteiger partial charge in [0, 0.05) is 20.0 Å². The van der Waals surface area contributed by atoms with E-state index in [0.717, 1.165) is 4.90 Å². The Hall–Kier alpha value is -3.30. The van der Waals surface area contributed by atoms with E-state index in [0.29, 0.717) is 30.3 Å². The van der Waals surface area contributed by atoms with Crippen molar-refractivity contribution in [3.63, 3.8) is 0 Å². The van der Waals surface area contributed by atoms with E-state index in [2.05, 4.69) is 16.0 Å². The molecule has 1 saturated heterocycles. The van der Waals surface area contributed by atoms with Crippen LogP contribution in [0.2, 0.25) is 0 Å². The van der Waals surface area contributed by atoms with Crippen molar-refractivity contribution in [1.82, 2.24) is 20.9 Å². The third-order valence-corrected chi connectivity index (χ3v) is 4.44. The first-order valence-electron chi connectivity index (χ1n) is 8.41. The molecule has 1 atom stereocenters. The maximum atomic E-state index is 12.9. The molecule has 10 heteroatoms. The normalized spacial score (nSPS) is 20.9. The van der Waals surface area contributed by atoms with E-state index in [-0.39, 0.29) is 13.0 Å². The number of amides is 6. The highest BCUT2D eigenvalue weighted by Crippen LogP contribution is 2.36. The minimum absolute atomic E-state index is 0.145. The zero-order chi connectivity index (χ0) is 19.6. The number of rotatable bonds is 4. The summed E-state index contributed by atoms with van der Waals surface area (Å²) in [7, 11) is 1.37. The van der Waals surface area contributed by atoms with Crippen LogP contribution in [0.25, 0.3) is 0 Å². The van der Waals surface area contributed by atoms with Crippen LogP contribution in [0.3, 0.4) is 0 Å². The summed E-state index contributed by atoms with van der Waals surface area (Å²) >= 11 is 0. The van der Waals surface area contributed by atoms with Crippen LogP contribution in [-0.2, 0) is 15.1 Å². The number of nitrogens with zero attached hydrogens (tertiary/aromatic N) is 1. The molecule has 0 aromatic heterocycles. The molecule has 3 rings (SSSR count). The Morgan fingerprint density at radius 3 is 2.63 bits per heavy atom. The van der Waals surface area contributed by atoms with Crippen LogP contribution in [0.15, 0.2) is 18.2 Å². The summed E-state index contributed by atoms with van der Waals surface area (Å²) in [5.41, 5.74) is -0.744. The molecule has 2 heterocycles. The van der Waals surface area contributed by atoms with Crippen molar-refractivity contribution < 1.29 is 28.7 Å². The number of carbonyl (C=O) groups excluding carboxylic acids is 4. The van der Waals surface area contributed by atoms with Gasteiger partial charge < -0.3 is 20.1 Å². The first-order chi connectivity index (χ1) is 12.8. The Kier molecular flexibility index (Phi) is 4.89. The van der Waals surface area contributed by atoms with Crippen LogP contribution in [0.4, 0.5) is 9.59 Å².